The lowest BCUT2D eigenvalue weighted by atomic mass is 10.6. The number of tetrazole rings is 1. The van der Waals surface area contributed by atoms with Crippen molar-refractivity contribution < 1.29 is 19.1 Å². The molecule has 11 heteroatoms. The molecule has 1 heterocycles. The number of hydrogen-bond acceptors (Lipinski definition) is 8. The Morgan fingerprint density at radius 1 is 1.43 bits per heavy atom. The van der Waals surface area contributed by atoms with E-state index < -0.39 is 17.9 Å². The Kier molecular flexibility index (Phi) is 5.09. The van der Waals surface area contributed by atoms with E-state index in [9.17, 15) is 14.4 Å². The van der Waals surface area contributed by atoms with Gasteiger partial charge in [-0.3, -0.25) is 14.9 Å². The van der Waals surface area contributed by atoms with Crippen molar-refractivity contribution in [2.24, 2.45) is 0 Å². The van der Waals surface area contributed by atoms with Gasteiger partial charge in [0.15, 0.2) is 0 Å². The van der Waals surface area contributed by atoms with E-state index in [1.807, 2.05) is 0 Å². The van der Waals surface area contributed by atoms with E-state index >= 15 is 0 Å². The molecule has 0 saturated heterocycles. The molecule has 0 aliphatic heterocycles. The van der Waals surface area contributed by atoms with Crippen LogP contribution in [0.1, 0.15) is 12.8 Å². The molecule has 1 aliphatic rings. The van der Waals surface area contributed by atoms with Crippen molar-refractivity contribution >= 4 is 29.7 Å². The zero-order valence-corrected chi connectivity index (χ0v) is 12.1. The zero-order valence-electron chi connectivity index (χ0n) is 11.2. The second-order valence-corrected chi connectivity index (χ2v) is 5.22. The molecule has 114 valence electrons. The number of thioether (sulfide) groups is 1. The van der Waals surface area contributed by atoms with E-state index in [2.05, 4.69) is 30.9 Å². The van der Waals surface area contributed by atoms with Gasteiger partial charge in [-0.15, -0.1) is 5.10 Å². The minimum absolute atomic E-state index is 0.0420. The maximum Gasteiger partial charge on any atom is 0.327 e. The Labute approximate surface area is 124 Å². The number of nitrogens with one attached hydrogen (secondary N) is 2. The van der Waals surface area contributed by atoms with Gasteiger partial charge in [0.1, 0.15) is 6.54 Å². The predicted molar refractivity (Wildman–Crippen MR) is 70.3 cm³/mol. The van der Waals surface area contributed by atoms with E-state index in [1.165, 1.54) is 11.8 Å². The summed E-state index contributed by atoms with van der Waals surface area (Å²) in [5.41, 5.74) is 0. The summed E-state index contributed by atoms with van der Waals surface area (Å²) in [7, 11) is 1.26. The van der Waals surface area contributed by atoms with E-state index in [-0.39, 0.29) is 23.5 Å². The third kappa shape index (κ3) is 5.02. The van der Waals surface area contributed by atoms with Gasteiger partial charge in [-0.1, -0.05) is 11.8 Å². The molecule has 1 aromatic rings. The van der Waals surface area contributed by atoms with Crippen molar-refractivity contribution in [2.45, 2.75) is 30.6 Å². The Morgan fingerprint density at radius 2 is 2.19 bits per heavy atom. The highest BCUT2D eigenvalue weighted by Gasteiger charge is 2.24. The first kappa shape index (κ1) is 15.2. The molecule has 0 unspecified atom stereocenters. The molecule has 1 fully saturated rings. The number of esters is 1. The highest BCUT2D eigenvalue weighted by Crippen LogP contribution is 2.18. The molecule has 1 aliphatic carbocycles. The van der Waals surface area contributed by atoms with Crippen LogP contribution in [0.5, 0.6) is 0 Å². The number of amides is 3. The molecule has 21 heavy (non-hydrogen) atoms. The molecule has 0 bridgehead atoms. The van der Waals surface area contributed by atoms with E-state index in [0.717, 1.165) is 24.6 Å². The van der Waals surface area contributed by atoms with Crippen LogP contribution in [0.2, 0.25) is 0 Å². The van der Waals surface area contributed by atoms with Crippen LogP contribution in [0.3, 0.4) is 0 Å². The SMILES string of the molecule is COC(=O)Cn1nnnc1SCC(=O)NC(=O)NC1CC1. The van der Waals surface area contributed by atoms with Gasteiger partial charge >= 0.3 is 12.0 Å². The topological polar surface area (TPSA) is 128 Å². The number of ether oxygens (including phenoxy) is 1. The number of hydrogen-bond donors (Lipinski definition) is 2. The average molecular weight is 314 g/mol. The normalized spacial score (nSPS) is 13.6. The number of nitrogens with zero attached hydrogens (tertiary/aromatic N) is 4. The molecule has 1 aromatic heterocycles. The lowest BCUT2D eigenvalue weighted by molar-refractivity contribution is -0.141. The van der Waals surface area contributed by atoms with Crippen LogP contribution in [0.15, 0.2) is 5.16 Å². The molecule has 0 atom stereocenters. The molecule has 0 radical (unpaired) electrons. The van der Waals surface area contributed by atoms with Gasteiger partial charge in [-0.25, -0.2) is 9.48 Å². The first-order chi connectivity index (χ1) is 10.1. The lowest BCUT2D eigenvalue weighted by Gasteiger charge is -2.05. The summed E-state index contributed by atoms with van der Waals surface area (Å²) in [6.07, 6.45) is 1.89. The molecule has 1 saturated carbocycles. The number of carbonyl (C=O) groups is 3. The van der Waals surface area contributed by atoms with E-state index in [1.54, 1.807) is 0 Å². The number of imide groups is 1. The lowest BCUT2D eigenvalue weighted by Crippen LogP contribution is -2.41. The van der Waals surface area contributed by atoms with Gasteiger partial charge in [-0.05, 0) is 23.3 Å². The van der Waals surface area contributed by atoms with Crippen LogP contribution in [0.4, 0.5) is 4.79 Å². The summed E-state index contributed by atoms with van der Waals surface area (Å²) in [4.78, 5) is 34.1. The fraction of sp³-hybridized carbons (Fsp3) is 0.600. The standard InChI is InChI=1S/C10H14N6O4S/c1-20-8(18)4-16-10(13-14-15-16)21-5-7(17)12-9(19)11-6-2-3-6/h6H,2-5H2,1H3,(H2,11,12,17,19). The van der Waals surface area contributed by atoms with Gasteiger partial charge in [0, 0.05) is 6.04 Å². The van der Waals surface area contributed by atoms with Gasteiger partial charge in [0.2, 0.25) is 11.1 Å². The van der Waals surface area contributed by atoms with Crippen LogP contribution >= 0.6 is 11.8 Å². The summed E-state index contributed by atoms with van der Waals surface area (Å²) < 4.78 is 5.72. The van der Waals surface area contributed by atoms with Gasteiger partial charge in [0.05, 0.1) is 12.9 Å². The van der Waals surface area contributed by atoms with Crippen LogP contribution in [0.25, 0.3) is 0 Å². The predicted octanol–water partition coefficient (Wildman–Crippen LogP) is -1.07. The maximum absolute atomic E-state index is 11.6. The number of urea groups is 1. The van der Waals surface area contributed by atoms with Crippen LogP contribution in [-0.2, 0) is 20.9 Å². The second-order valence-electron chi connectivity index (χ2n) is 4.28. The molecule has 0 aromatic carbocycles. The van der Waals surface area contributed by atoms with Crippen LogP contribution in [0, 0.1) is 0 Å². The molecule has 3 amide bonds. The van der Waals surface area contributed by atoms with Gasteiger partial charge in [0.25, 0.3) is 0 Å². The quantitative estimate of drug-likeness (QED) is 0.501. The monoisotopic (exact) mass is 314 g/mol. The Balaban J connectivity index is 1.76. The summed E-state index contributed by atoms with van der Waals surface area (Å²) >= 11 is 1.02. The molecular formula is C10H14N6O4S. The molecule has 2 rings (SSSR count). The zero-order chi connectivity index (χ0) is 15.2. The van der Waals surface area contributed by atoms with E-state index in [0.29, 0.717) is 0 Å². The number of rotatable bonds is 6. The van der Waals surface area contributed by atoms with Crippen molar-refractivity contribution in [1.82, 2.24) is 30.8 Å². The highest BCUT2D eigenvalue weighted by atomic mass is 32.2. The van der Waals surface area contributed by atoms with E-state index in [4.69, 9.17) is 0 Å². The second kappa shape index (κ2) is 7.02. The van der Waals surface area contributed by atoms with Crippen molar-refractivity contribution in [3.8, 4) is 0 Å². The van der Waals surface area contributed by atoms with Crippen molar-refractivity contribution in [3.05, 3.63) is 0 Å². The smallest absolute Gasteiger partial charge is 0.327 e. The van der Waals surface area contributed by atoms with Crippen LogP contribution in [-0.4, -0.2) is 57.0 Å². The molecule has 0 spiro atoms. The summed E-state index contributed by atoms with van der Waals surface area (Å²) in [6, 6.07) is -0.324. The number of methoxy groups -OCH3 is 1. The Bertz CT molecular complexity index is 543. The van der Waals surface area contributed by atoms with Crippen molar-refractivity contribution in [1.29, 1.82) is 0 Å². The first-order valence-electron chi connectivity index (χ1n) is 6.14. The largest absolute Gasteiger partial charge is 0.468 e. The third-order valence-corrected chi connectivity index (χ3v) is 3.46. The highest BCUT2D eigenvalue weighted by molar-refractivity contribution is 7.99. The summed E-state index contributed by atoms with van der Waals surface area (Å²) in [5, 5.41) is 15.9. The van der Waals surface area contributed by atoms with Gasteiger partial charge < -0.3 is 10.1 Å². The Morgan fingerprint density at radius 3 is 2.86 bits per heavy atom. The number of carbonyl (C=O) groups excluding carboxylic acids is 3. The fourth-order valence-corrected chi connectivity index (χ4v) is 2.00. The van der Waals surface area contributed by atoms with Crippen molar-refractivity contribution in [2.75, 3.05) is 12.9 Å². The molecule has 10 nitrogen and oxygen atoms in total. The summed E-state index contributed by atoms with van der Waals surface area (Å²) in [5.74, 6) is -1.01. The molecular weight excluding hydrogens is 300 g/mol. The Hall–Kier alpha value is -2.17. The third-order valence-electron chi connectivity index (χ3n) is 2.50. The van der Waals surface area contributed by atoms with Gasteiger partial charge in [-0.2, -0.15) is 0 Å². The fourth-order valence-electron chi connectivity index (χ4n) is 1.33. The minimum atomic E-state index is -0.503. The van der Waals surface area contributed by atoms with Crippen molar-refractivity contribution in [3.63, 3.8) is 0 Å². The molecule has 2 N–H and O–H groups in total. The minimum Gasteiger partial charge on any atom is -0.468 e. The summed E-state index contributed by atoms with van der Waals surface area (Å²) in [6.45, 7) is -0.143. The average Bonchev–Trinajstić information content (AvgIpc) is 3.14. The maximum atomic E-state index is 11.6. The number of aromatic nitrogens is 4. The van der Waals surface area contributed by atoms with Crippen LogP contribution < -0.4 is 10.6 Å². The first-order valence-corrected chi connectivity index (χ1v) is 7.13.